The third kappa shape index (κ3) is 3.45. The topological polar surface area (TPSA) is 79.7 Å². The van der Waals surface area contributed by atoms with Crippen molar-refractivity contribution in [2.24, 2.45) is 0 Å². The molecule has 0 bridgehead atoms. The van der Waals surface area contributed by atoms with Crippen LogP contribution in [0.5, 0.6) is 23.0 Å². The van der Waals surface area contributed by atoms with Crippen LogP contribution in [0.2, 0.25) is 0 Å². The highest BCUT2D eigenvalue weighted by Crippen LogP contribution is 2.51. The van der Waals surface area contributed by atoms with Gasteiger partial charge in [-0.2, -0.15) is 10.1 Å². The summed E-state index contributed by atoms with van der Waals surface area (Å²) in [6, 6.07) is 21.6. The fourth-order valence-corrected chi connectivity index (χ4v) is 4.74. The van der Waals surface area contributed by atoms with Gasteiger partial charge in [0.1, 0.15) is 41.5 Å². The lowest BCUT2D eigenvalue weighted by Gasteiger charge is -2.39. The minimum Gasteiger partial charge on any atom is -0.497 e. The first-order chi connectivity index (χ1) is 17.2. The zero-order chi connectivity index (χ0) is 23.9. The molecule has 0 unspecified atom stereocenters. The molecule has 2 atom stereocenters. The van der Waals surface area contributed by atoms with Crippen molar-refractivity contribution in [2.75, 3.05) is 26.6 Å². The molecule has 6 rings (SSSR count). The molecule has 0 spiro atoms. The summed E-state index contributed by atoms with van der Waals surface area (Å²) in [5.74, 6) is 3.75. The molecule has 8 nitrogen and oxygen atoms in total. The fraction of sp³-hybridized carbons (Fsp3) is 0.185. The van der Waals surface area contributed by atoms with Crippen molar-refractivity contribution in [1.29, 1.82) is 0 Å². The SMILES string of the molecule is COc1ccc([C@H]2Oc3ccc(OC)cc3C3=C2[C@@H](c2ccc(OC)cc2)n2ncnc2N3)cc1. The molecular weight excluding hydrogens is 444 g/mol. The average molecular weight is 469 g/mol. The number of methoxy groups -OCH3 is 3. The number of rotatable bonds is 5. The molecule has 0 amide bonds. The monoisotopic (exact) mass is 468 g/mol. The number of aromatic nitrogens is 3. The Morgan fingerprint density at radius 2 is 1.43 bits per heavy atom. The van der Waals surface area contributed by atoms with Crippen LogP contribution in [0.1, 0.15) is 28.8 Å². The van der Waals surface area contributed by atoms with Crippen LogP contribution in [0.4, 0.5) is 5.95 Å². The molecule has 1 aromatic heterocycles. The number of fused-ring (bicyclic) bond motifs is 3. The molecular formula is C27H24N4O4. The van der Waals surface area contributed by atoms with Crippen LogP contribution in [0, 0.1) is 0 Å². The van der Waals surface area contributed by atoms with Crippen molar-refractivity contribution in [2.45, 2.75) is 12.1 Å². The molecule has 176 valence electrons. The first kappa shape index (κ1) is 21.1. The number of ether oxygens (including phenoxy) is 4. The molecule has 0 fully saturated rings. The zero-order valence-corrected chi connectivity index (χ0v) is 19.6. The molecule has 3 aromatic carbocycles. The van der Waals surface area contributed by atoms with Crippen LogP contribution in [0.15, 0.2) is 78.6 Å². The van der Waals surface area contributed by atoms with E-state index in [-0.39, 0.29) is 12.1 Å². The van der Waals surface area contributed by atoms with Gasteiger partial charge in [0.2, 0.25) is 5.95 Å². The quantitative estimate of drug-likeness (QED) is 0.448. The Kier molecular flexibility index (Phi) is 5.06. The van der Waals surface area contributed by atoms with E-state index >= 15 is 0 Å². The van der Waals surface area contributed by atoms with Crippen molar-refractivity contribution in [3.05, 3.63) is 95.3 Å². The molecule has 0 saturated heterocycles. The first-order valence-electron chi connectivity index (χ1n) is 11.2. The van der Waals surface area contributed by atoms with Crippen LogP contribution < -0.4 is 24.3 Å². The van der Waals surface area contributed by atoms with Crippen LogP contribution in [0.25, 0.3) is 5.70 Å². The van der Waals surface area contributed by atoms with E-state index in [2.05, 4.69) is 27.5 Å². The van der Waals surface area contributed by atoms with Gasteiger partial charge in [-0.1, -0.05) is 24.3 Å². The van der Waals surface area contributed by atoms with Crippen molar-refractivity contribution >= 4 is 11.6 Å². The number of nitrogens with zero attached hydrogens (tertiary/aromatic N) is 3. The summed E-state index contributed by atoms with van der Waals surface area (Å²) in [5.41, 5.74) is 4.92. The summed E-state index contributed by atoms with van der Waals surface area (Å²) in [7, 11) is 4.98. The van der Waals surface area contributed by atoms with Crippen LogP contribution >= 0.6 is 0 Å². The van der Waals surface area contributed by atoms with Crippen LogP contribution in [-0.2, 0) is 0 Å². The van der Waals surface area contributed by atoms with E-state index in [1.54, 1.807) is 27.7 Å². The van der Waals surface area contributed by atoms with E-state index in [0.29, 0.717) is 5.95 Å². The van der Waals surface area contributed by atoms with Crippen molar-refractivity contribution in [1.82, 2.24) is 14.8 Å². The predicted molar refractivity (Wildman–Crippen MR) is 131 cm³/mol. The smallest absolute Gasteiger partial charge is 0.226 e. The summed E-state index contributed by atoms with van der Waals surface area (Å²) < 4.78 is 24.9. The van der Waals surface area contributed by atoms with Gasteiger partial charge in [0.25, 0.3) is 0 Å². The van der Waals surface area contributed by atoms with E-state index in [0.717, 1.165) is 51.0 Å². The minimum absolute atomic E-state index is 0.249. The molecule has 0 aliphatic carbocycles. The summed E-state index contributed by atoms with van der Waals surface area (Å²) in [5, 5.41) is 8.09. The van der Waals surface area contributed by atoms with Gasteiger partial charge in [0, 0.05) is 11.1 Å². The van der Waals surface area contributed by atoms with Gasteiger partial charge in [-0.05, 0) is 53.6 Å². The van der Waals surface area contributed by atoms with E-state index in [4.69, 9.17) is 18.9 Å². The molecule has 0 radical (unpaired) electrons. The Balaban J connectivity index is 1.59. The summed E-state index contributed by atoms with van der Waals surface area (Å²) >= 11 is 0. The maximum atomic E-state index is 6.67. The van der Waals surface area contributed by atoms with Gasteiger partial charge in [0.15, 0.2) is 0 Å². The summed E-state index contributed by atoms with van der Waals surface area (Å²) in [4.78, 5) is 4.49. The highest BCUT2D eigenvalue weighted by molar-refractivity contribution is 5.85. The second kappa shape index (κ2) is 8.39. The maximum Gasteiger partial charge on any atom is 0.226 e. The van der Waals surface area contributed by atoms with Crippen molar-refractivity contribution in [3.63, 3.8) is 0 Å². The van der Waals surface area contributed by atoms with E-state index in [1.165, 1.54) is 0 Å². The molecule has 0 saturated carbocycles. The standard InChI is InChI=1S/C27H24N4O4/c1-32-18-8-4-16(5-9-18)25-23-24(30-27-28-15-29-31(25)27)21-14-20(34-3)12-13-22(21)35-26(23)17-6-10-19(33-2)11-7-17/h4-15,25-26H,1-3H3,(H,28,29,30)/t25-,26-/m1/s1. The highest BCUT2D eigenvalue weighted by Gasteiger charge is 2.41. The van der Waals surface area contributed by atoms with Crippen molar-refractivity contribution in [3.8, 4) is 23.0 Å². The third-order valence-corrected chi connectivity index (χ3v) is 6.47. The molecule has 3 heterocycles. The fourth-order valence-electron chi connectivity index (χ4n) is 4.74. The Labute approximate surface area is 202 Å². The van der Waals surface area contributed by atoms with Gasteiger partial charge >= 0.3 is 0 Å². The molecule has 2 aliphatic heterocycles. The number of anilines is 1. The van der Waals surface area contributed by atoms with E-state index in [1.807, 2.05) is 59.3 Å². The lowest BCUT2D eigenvalue weighted by Crippen LogP contribution is -2.32. The Morgan fingerprint density at radius 3 is 2.09 bits per heavy atom. The van der Waals surface area contributed by atoms with Gasteiger partial charge < -0.3 is 24.3 Å². The zero-order valence-electron chi connectivity index (χ0n) is 19.6. The highest BCUT2D eigenvalue weighted by atomic mass is 16.5. The number of benzene rings is 3. The Hall–Kier alpha value is -4.46. The number of hydrogen-bond donors (Lipinski definition) is 1. The van der Waals surface area contributed by atoms with Crippen LogP contribution in [-0.4, -0.2) is 36.1 Å². The second-order valence-corrected chi connectivity index (χ2v) is 8.29. The molecule has 2 aliphatic rings. The molecule has 4 aromatic rings. The normalized spacial score (nSPS) is 17.9. The molecule has 35 heavy (non-hydrogen) atoms. The number of hydrogen-bond acceptors (Lipinski definition) is 7. The Bertz CT molecular complexity index is 1410. The van der Waals surface area contributed by atoms with Gasteiger partial charge in [-0.25, -0.2) is 4.68 Å². The summed E-state index contributed by atoms with van der Waals surface area (Å²) in [6.07, 6.45) is 1.20. The molecule has 8 heteroatoms. The minimum atomic E-state index is -0.367. The van der Waals surface area contributed by atoms with Crippen molar-refractivity contribution < 1.29 is 18.9 Å². The third-order valence-electron chi connectivity index (χ3n) is 6.47. The largest absolute Gasteiger partial charge is 0.497 e. The maximum absolute atomic E-state index is 6.67. The second-order valence-electron chi connectivity index (χ2n) is 8.29. The first-order valence-corrected chi connectivity index (χ1v) is 11.2. The predicted octanol–water partition coefficient (Wildman–Crippen LogP) is 4.86. The summed E-state index contributed by atoms with van der Waals surface area (Å²) in [6.45, 7) is 0. The average Bonchev–Trinajstić information content (AvgIpc) is 3.39. The van der Waals surface area contributed by atoms with Gasteiger partial charge in [0.05, 0.1) is 27.0 Å². The molecule has 1 N–H and O–H groups in total. The Morgan fingerprint density at radius 1 is 0.800 bits per heavy atom. The van der Waals surface area contributed by atoms with Crippen LogP contribution in [0.3, 0.4) is 0 Å². The van der Waals surface area contributed by atoms with E-state index in [9.17, 15) is 0 Å². The van der Waals surface area contributed by atoms with E-state index < -0.39 is 0 Å². The lowest BCUT2D eigenvalue weighted by molar-refractivity contribution is 0.222. The lowest BCUT2D eigenvalue weighted by atomic mass is 9.84. The van der Waals surface area contributed by atoms with Gasteiger partial charge in [-0.15, -0.1) is 0 Å². The van der Waals surface area contributed by atoms with Gasteiger partial charge in [-0.3, -0.25) is 0 Å². The number of nitrogens with one attached hydrogen (secondary N) is 1.